The minimum atomic E-state index is -0.196. The summed E-state index contributed by atoms with van der Waals surface area (Å²) >= 11 is 0. The van der Waals surface area contributed by atoms with Gasteiger partial charge in [-0.3, -0.25) is 14.5 Å². The van der Waals surface area contributed by atoms with Crippen molar-refractivity contribution in [1.82, 2.24) is 14.9 Å². The number of hydrogen-bond donors (Lipinski definition) is 1. The van der Waals surface area contributed by atoms with E-state index in [1.165, 1.54) is 4.90 Å². The molecule has 0 bridgehead atoms. The summed E-state index contributed by atoms with van der Waals surface area (Å²) in [7, 11) is 0. The zero-order chi connectivity index (χ0) is 12.5. The first-order valence-corrected chi connectivity index (χ1v) is 5.78. The number of carbonyl (C=O) groups is 2. The Labute approximate surface area is 100 Å². The summed E-state index contributed by atoms with van der Waals surface area (Å²) in [6.07, 6.45) is 4.84. The molecule has 1 N–H and O–H groups in total. The Morgan fingerprint density at radius 1 is 1.35 bits per heavy atom. The van der Waals surface area contributed by atoms with Crippen LogP contribution < -0.4 is 0 Å². The van der Waals surface area contributed by atoms with Crippen LogP contribution in [-0.4, -0.2) is 33.2 Å². The first kappa shape index (κ1) is 11.8. The van der Waals surface area contributed by atoms with Gasteiger partial charge in [-0.15, -0.1) is 0 Å². The van der Waals surface area contributed by atoms with Crippen LogP contribution in [0.4, 0.5) is 0 Å². The molecule has 1 aromatic rings. The van der Waals surface area contributed by atoms with Crippen LogP contribution in [0.5, 0.6) is 0 Å². The van der Waals surface area contributed by atoms with Gasteiger partial charge in [-0.25, -0.2) is 4.98 Å². The smallest absolute Gasteiger partial charge is 0.229 e. The van der Waals surface area contributed by atoms with E-state index in [2.05, 4.69) is 9.97 Å². The molecule has 5 nitrogen and oxygen atoms in total. The van der Waals surface area contributed by atoms with Gasteiger partial charge in [-0.1, -0.05) is 13.8 Å². The van der Waals surface area contributed by atoms with Gasteiger partial charge in [0.15, 0.2) is 0 Å². The maximum absolute atomic E-state index is 11.9. The molecule has 2 heterocycles. The summed E-state index contributed by atoms with van der Waals surface area (Å²) in [5, 5.41) is 0. The van der Waals surface area contributed by atoms with E-state index in [4.69, 9.17) is 0 Å². The molecule has 1 aliphatic heterocycles. The molecular formula is C12H17N3O2. The summed E-state index contributed by atoms with van der Waals surface area (Å²) in [6.45, 7) is 4.35. The van der Waals surface area contributed by atoms with E-state index in [-0.39, 0.29) is 17.2 Å². The lowest BCUT2D eigenvalue weighted by atomic mass is 9.82. The molecule has 0 radical (unpaired) electrons. The van der Waals surface area contributed by atoms with Crippen LogP contribution in [0.2, 0.25) is 0 Å². The lowest BCUT2D eigenvalue weighted by molar-refractivity contribution is -0.152. The molecule has 1 saturated heterocycles. The number of rotatable bonds is 3. The molecule has 1 aromatic heterocycles. The van der Waals surface area contributed by atoms with Gasteiger partial charge in [-0.2, -0.15) is 0 Å². The van der Waals surface area contributed by atoms with E-state index in [0.717, 1.165) is 5.69 Å². The number of amides is 2. The molecule has 0 unspecified atom stereocenters. The number of imidazole rings is 1. The highest BCUT2D eigenvalue weighted by molar-refractivity contribution is 5.98. The Bertz CT molecular complexity index is 403. The van der Waals surface area contributed by atoms with Gasteiger partial charge in [0.25, 0.3) is 0 Å². The molecule has 2 rings (SSSR count). The predicted octanol–water partition coefficient (Wildman–Crippen LogP) is 1.13. The summed E-state index contributed by atoms with van der Waals surface area (Å²) in [4.78, 5) is 32.0. The molecular weight excluding hydrogens is 218 g/mol. The third-order valence-corrected chi connectivity index (χ3v) is 3.02. The number of hydrogen-bond acceptors (Lipinski definition) is 3. The molecule has 0 atom stereocenters. The van der Waals surface area contributed by atoms with Crippen molar-refractivity contribution in [2.24, 2.45) is 5.41 Å². The van der Waals surface area contributed by atoms with Crippen molar-refractivity contribution in [1.29, 1.82) is 0 Å². The standard InChI is InChI=1S/C12H17N3O2/c1-12(2)5-10(16)15(11(17)6-12)4-3-9-7-13-8-14-9/h7-8H,3-6H2,1-2H3,(H,13,14). The lowest BCUT2D eigenvalue weighted by Gasteiger charge is -2.34. The third-order valence-electron chi connectivity index (χ3n) is 3.02. The highest BCUT2D eigenvalue weighted by atomic mass is 16.2. The van der Waals surface area contributed by atoms with Crippen LogP contribution in [0.1, 0.15) is 32.4 Å². The van der Waals surface area contributed by atoms with E-state index < -0.39 is 0 Å². The Balaban J connectivity index is 1.97. The number of likely N-dealkylation sites (tertiary alicyclic amines) is 1. The first-order valence-electron chi connectivity index (χ1n) is 5.78. The monoisotopic (exact) mass is 235 g/mol. The van der Waals surface area contributed by atoms with Crippen molar-refractivity contribution < 1.29 is 9.59 Å². The van der Waals surface area contributed by atoms with Gasteiger partial charge in [0.1, 0.15) is 0 Å². The van der Waals surface area contributed by atoms with Gasteiger partial charge >= 0.3 is 0 Å². The minimum Gasteiger partial charge on any atom is -0.348 e. The molecule has 1 aliphatic rings. The number of carbonyl (C=O) groups excluding carboxylic acids is 2. The van der Waals surface area contributed by atoms with E-state index in [1.807, 2.05) is 13.8 Å². The van der Waals surface area contributed by atoms with Crippen molar-refractivity contribution in [3.8, 4) is 0 Å². The second-order valence-corrected chi connectivity index (χ2v) is 5.28. The number of imide groups is 1. The maximum Gasteiger partial charge on any atom is 0.229 e. The topological polar surface area (TPSA) is 66.1 Å². The van der Waals surface area contributed by atoms with Gasteiger partial charge in [-0.05, 0) is 5.41 Å². The lowest BCUT2D eigenvalue weighted by Crippen LogP contribution is -2.46. The molecule has 2 amide bonds. The van der Waals surface area contributed by atoms with Crippen molar-refractivity contribution in [2.75, 3.05) is 6.54 Å². The third kappa shape index (κ3) is 2.72. The van der Waals surface area contributed by atoms with Crippen molar-refractivity contribution in [3.63, 3.8) is 0 Å². The molecule has 92 valence electrons. The van der Waals surface area contributed by atoms with Crippen LogP contribution >= 0.6 is 0 Å². The second-order valence-electron chi connectivity index (χ2n) is 5.28. The predicted molar refractivity (Wildman–Crippen MR) is 62.0 cm³/mol. The molecule has 17 heavy (non-hydrogen) atoms. The zero-order valence-corrected chi connectivity index (χ0v) is 10.2. The summed E-state index contributed by atoms with van der Waals surface area (Å²) in [5.74, 6) is -0.128. The quantitative estimate of drug-likeness (QED) is 0.798. The Morgan fingerprint density at radius 3 is 2.53 bits per heavy atom. The summed E-state index contributed by atoms with van der Waals surface area (Å²) < 4.78 is 0. The van der Waals surface area contributed by atoms with Gasteiger partial charge in [0.2, 0.25) is 11.8 Å². The summed E-state index contributed by atoms with van der Waals surface area (Å²) in [5.41, 5.74) is 0.744. The van der Waals surface area contributed by atoms with Crippen molar-refractivity contribution in [3.05, 3.63) is 18.2 Å². The number of nitrogens with zero attached hydrogens (tertiary/aromatic N) is 2. The fourth-order valence-corrected chi connectivity index (χ4v) is 2.11. The fraction of sp³-hybridized carbons (Fsp3) is 0.583. The molecule has 0 aromatic carbocycles. The van der Waals surface area contributed by atoms with Crippen molar-refractivity contribution >= 4 is 11.8 Å². The Kier molecular flexibility index (Phi) is 3.00. The largest absolute Gasteiger partial charge is 0.348 e. The first-order chi connectivity index (χ1) is 7.98. The average molecular weight is 235 g/mol. The van der Waals surface area contributed by atoms with Crippen LogP contribution in [0, 0.1) is 5.41 Å². The number of aromatic amines is 1. The minimum absolute atomic E-state index is 0.0641. The second kappa shape index (κ2) is 4.31. The number of nitrogens with one attached hydrogen (secondary N) is 1. The van der Waals surface area contributed by atoms with Gasteiger partial charge in [0, 0.05) is 37.7 Å². The maximum atomic E-state index is 11.9. The normalized spacial score (nSPS) is 19.8. The van der Waals surface area contributed by atoms with E-state index >= 15 is 0 Å². The van der Waals surface area contributed by atoms with E-state index in [9.17, 15) is 9.59 Å². The van der Waals surface area contributed by atoms with Crippen molar-refractivity contribution in [2.45, 2.75) is 33.1 Å². The Morgan fingerprint density at radius 2 is 2.00 bits per heavy atom. The van der Waals surface area contributed by atoms with Gasteiger partial charge in [0.05, 0.1) is 6.33 Å². The molecule has 0 spiro atoms. The van der Waals surface area contributed by atoms with E-state index in [1.54, 1.807) is 12.5 Å². The highest BCUT2D eigenvalue weighted by Crippen LogP contribution is 2.31. The molecule has 0 saturated carbocycles. The highest BCUT2D eigenvalue weighted by Gasteiger charge is 2.36. The summed E-state index contributed by atoms with van der Waals surface area (Å²) in [6, 6.07) is 0. The Hall–Kier alpha value is -1.65. The van der Waals surface area contributed by atoms with Crippen LogP contribution in [0.15, 0.2) is 12.5 Å². The molecule has 0 aliphatic carbocycles. The van der Waals surface area contributed by atoms with Gasteiger partial charge < -0.3 is 4.98 Å². The molecule has 1 fully saturated rings. The van der Waals surface area contributed by atoms with E-state index in [0.29, 0.717) is 25.8 Å². The number of H-pyrrole nitrogens is 1. The average Bonchev–Trinajstić information content (AvgIpc) is 2.67. The fourth-order valence-electron chi connectivity index (χ4n) is 2.11. The van der Waals surface area contributed by atoms with Crippen LogP contribution in [-0.2, 0) is 16.0 Å². The number of aromatic nitrogens is 2. The van der Waals surface area contributed by atoms with Crippen LogP contribution in [0.3, 0.4) is 0 Å². The van der Waals surface area contributed by atoms with Crippen LogP contribution in [0.25, 0.3) is 0 Å². The SMILES string of the molecule is CC1(C)CC(=O)N(CCc2cnc[nH]2)C(=O)C1. The molecule has 5 heteroatoms. The number of piperidine rings is 1. The zero-order valence-electron chi connectivity index (χ0n) is 10.2.